The molecule has 4 atom stereocenters. The summed E-state index contributed by atoms with van der Waals surface area (Å²) in [5.41, 5.74) is 13.1. The van der Waals surface area contributed by atoms with Crippen LogP contribution in [0.4, 0.5) is 0 Å². The van der Waals surface area contributed by atoms with E-state index in [0.29, 0.717) is 43.2 Å². The quantitative estimate of drug-likeness (QED) is 0.214. The molecule has 0 saturated heterocycles. The molecule has 2 rings (SSSR count). The minimum Gasteiger partial charge on any atom is -0.368 e. The molecular weight excluding hydrogens is 504 g/mol. The Labute approximate surface area is 228 Å². The fraction of sp³-hybridized carbons (Fsp3) is 0.593. The molecule has 38 heavy (non-hydrogen) atoms. The third-order valence-electron chi connectivity index (χ3n) is 6.60. The average Bonchev–Trinajstić information content (AvgIpc) is 3.26. The zero-order chi connectivity index (χ0) is 28.4. The number of carbonyl (C=O) groups is 4. The van der Waals surface area contributed by atoms with Gasteiger partial charge in [-0.25, -0.2) is 4.98 Å². The fourth-order valence-corrected chi connectivity index (χ4v) is 5.12. The number of fused-ring (bicyclic) bond motifs is 1. The van der Waals surface area contributed by atoms with Gasteiger partial charge in [-0.15, -0.1) is 11.3 Å². The highest BCUT2D eigenvalue weighted by Gasteiger charge is 2.32. The van der Waals surface area contributed by atoms with E-state index in [4.69, 9.17) is 11.5 Å². The maximum Gasteiger partial charge on any atom is 0.243 e. The van der Waals surface area contributed by atoms with Crippen molar-refractivity contribution in [1.82, 2.24) is 20.9 Å². The van der Waals surface area contributed by atoms with Crippen LogP contribution in [0.3, 0.4) is 0 Å². The van der Waals surface area contributed by atoms with E-state index in [1.165, 1.54) is 23.8 Å². The van der Waals surface area contributed by atoms with Gasteiger partial charge in [-0.1, -0.05) is 40.2 Å². The van der Waals surface area contributed by atoms with Crippen LogP contribution >= 0.6 is 11.3 Å². The summed E-state index contributed by atoms with van der Waals surface area (Å²) in [6.45, 7) is 9.80. The molecule has 0 aliphatic heterocycles. The zero-order valence-electron chi connectivity index (χ0n) is 23.0. The standard InChI is InChI=1S/C27H42N6O4S/c1-6-16(4)24(27(37)32-20(25(29)35)9-7-8-12-28)33-26(36)21(30-17(5)34)14-23-31-19-11-10-18(15(2)3)13-22(19)38-23/h10-11,13,15-16,20-21,24H,6-9,12,14,28H2,1-5H3,(H2,29,35)(H,30,34)(H,32,37)(H,33,36). The normalized spacial score (nSPS) is 14.5. The lowest BCUT2D eigenvalue weighted by Crippen LogP contribution is -2.58. The zero-order valence-corrected chi connectivity index (χ0v) is 23.8. The van der Waals surface area contributed by atoms with Gasteiger partial charge in [0.2, 0.25) is 23.6 Å². The number of rotatable bonds is 15. The number of primary amides is 1. The number of amides is 4. The highest BCUT2D eigenvalue weighted by Crippen LogP contribution is 2.27. The summed E-state index contributed by atoms with van der Waals surface area (Å²) in [5.74, 6) is -1.86. The van der Waals surface area contributed by atoms with Gasteiger partial charge in [-0.05, 0) is 55.3 Å². The molecule has 7 N–H and O–H groups in total. The van der Waals surface area contributed by atoms with E-state index in [1.807, 2.05) is 26.0 Å². The second-order valence-electron chi connectivity index (χ2n) is 10.1. The molecule has 0 bridgehead atoms. The van der Waals surface area contributed by atoms with Crippen LogP contribution in [0.1, 0.15) is 76.8 Å². The highest BCUT2D eigenvalue weighted by atomic mass is 32.1. The molecule has 0 aliphatic rings. The molecule has 1 aromatic carbocycles. The Morgan fingerprint density at radius 3 is 2.29 bits per heavy atom. The average molecular weight is 547 g/mol. The molecular formula is C27H42N6O4S. The number of aromatic nitrogens is 1. The fourth-order valence-electron chi connectivity index (χ4n) is 4.06. The van der Waals surface area contributed by atoms with Crippen molar-refractivity contribution in [2.24, 2.45) is 17.4 Å². The smallest absolute Gasteiger partial charge is 0.243 e. The van der Waals surface area contributed by atoms with E-state index in [2.05, 4.69) is 40.8 Å². The Morgan fingerprint density at radius 2 is 1.71 bits per heavy atom. The van der Waals surface area contributed by atoms with Gasteiger partial charge in [0.05, 0.1) is 15.2 Å². The second-order valence-corrected chi connectivity index (χ2v) is 11.2. The van der Waals surface area contributed by atoms with E-state index in [0.717, 1.165) is 10.2 Å². The summed E-state index contributed by atoms with van der Waals surface area (Å²) in [4.78, 5) is 55.1. The van der Waals surface area contributed by atoms with E-state index in [1.54, 1.807) is 0 Å². The van der Waals surface area contributed by atoms with Gasteiger partial charge in [0, 0.05) is 13.3 Å². The van der Waals surface area contributed by atoms with Crippen molar-refractivity contribution < 1.29 is 19.2 Å². The van der Waals surface area contributed by atoms with Gasteiger partial charge in [0.15, 0.2) is 0 Å². The summed E-state index contributed by atoms with van der Waals surface area (Å²) in [7, 11) is 0. The minimum absolute atomic E-state index is 0.180. The summed E-state index contributed by atoms with van der Waals surface area (Å²) in [6.07, 6.45) is 2.49. The molecule has 0 radical (unpaired) electrons. The molecule has 0 spiro atoms. The Hall–Kier alpha value is -3.05. The molecule has 0 saturated carbocycles. The van der Waals surface area contributed by atoms with E-state index in [-0.39, 0.29) is 18.2 Å². The van der Waals surface area contributed by atoms with Crippen molar-refractivity contribution in [2.75, 3.05) is 6.54 Å². The maximum absolute atomic E-state index is 13.4. The first kappa shape index (κ1) is 31.2. The van der Waals surface area contributed by atoms with Crippen LogP contribution < -0.4 is 27.4 Å². The minimum atomic E-state index is -0.923. The van der Waals surface area contributed by atoms with Gasteiger partial charge < -0.3 is 27.4 Å². The molecule has 10 nitrogen and oxygen atoms in total. The van der Waals surface area contributed by atoms with Crippen molar-refractivity contribution in [2.45, 2.75) is 90.8 Å². The lowest BCUT2D eigenvalue weighted by molar-refractivity contribution is -0.134. The first-order valence-corrected chi connectivity index (χ1v) is 14.0. The van der Waals surface area contributed by atoms with E-state index in [9.17, 15) is 19.2 Å². The summed E-state index contributed by atoms with van der Waals surface area (Å²) < 4.78 is 1.01. The first-order chi connectivity index (χ1) is 18.0. The molecule has 4 amide bonds. The van der Waals surface area contributed by atoms with Crippen LogP contribution in [0.5, 0.6) is 0 Å². The molecule has 1 aromatic heterocycles. The second kappa shape index (κ2) is 14.8. The maximum atomic E-state index is 13.4. The SMILES string of the molecule is CCC(C)C(NC(=O)C(Cc1nc2ccc(C(C)C)cc2s1)NC(C)=O)C(=O)NC(CCCCN)C(N)=O. The van der Waals surface area contributed by atoms with Gasteiger partial charge in [0.1, 0.15) is 18.1 Å². The molecule has 11 heteroatoms. The summed E-state index contributed by atoms with van der Waals surface area (Å²) >= 11 is 1.48. The summed E-state index contributed by atoms with van der Waals surface area (Å²) in [6, 6.07) is 3.41. The van der Waals surface area contributed by atoms with Gasteiger partial charge in [-0.3, -0.25) is 19.2 Å². The number of carbonyl (C=O) groups excluding carboxylic acids is 4. The van der Waals surface area contributed by atoms with E-state index >= 15 is 0 Å². The Kier molecular flexibility index (Phi) is 12.1. The lowest BCUT2D eigenvalue weighted by atomic mass is 9.97. The van der Waals surface area contributed by atoms with Gasteiger partial charge >= 0.3 is 0 Å². The van der Waals surface area contributed by atoms with E-state index < -0.39 is 35.8 Å². The summed E-state index contributed by atoms with van der Waals surface area (Å²) in [5, 5.41) is 8.89. The van der Waals surface area contributed by atoms with Crippen molar-refractivity contribution in [3.63, 3.8) is 0 Å². The Balaban J connectivity index is 2.22. The lowest BCUT2D eigenvalue weighted by Gasteiger charge is -2.27. The molecule has 210 valence electrons. The van der Waals surface area contributed by atoms with Crippen LogP contribution in [-0.2, 0) is 25.6 Å². The third-order valence-corrected chi connectivity index (χ3v) is 7.64. The number of thiazole rings is 1. The Morgan fingerprint density at radius 1 is 1.00 bits per heavy atom. The first-order valence-electron chi connectivity index (χ1n) is 13.2. The predicted octanol–water partition coefficient (Wildman–Crippen LogP) is 2.10. The van der Waals surface area contributed by atoms with Gasteiger partial charge in [-0.2, -0.15) is 0 Å². The van der Waals surface area contributed by atoms with Crippen molar-refractivity contribution in [3.05, 3.63) is 28.8 Å². The predicted molar refractivity (Wildman–Crippen MR) is 150 cm³/mol. The number of hydrogen-bond acceptors (Lipinski definition) is 7. The number of benzene rings is 1. The largest absolute Gasteiger partial charge is 0.368 e. The molecule has 4 unspecified atom stereocenters. The van der Waals surface area contributed by atoms with Crippen molar-refractivity contribution in [3.8, 4) is 0 Å². The number of unbranched alkanes of at least 4 members (excludes halogenated alkanes) is 1. The molecule has 1 heterocycles. The molecule has 2 aromatic rings. The number of nitrogens with one attached hydrogen (secondary N) is 3. The molecule has 0 aliphatic carbocycles. The monoisotopic (exact) mass is 546 g/mol. The topological polar surface area (TPSA) is 169 Å². The third kappa shape index (κ3) is 9.05. The van der Waals surface area contributed by atoms with Gasteiger partial charge in [0.25, 0.3) is 0 Å². The van der Waals surface area contributed by atoms with Crippen molar-refractivity contribution >= 4 is 45.2 Å². The van der Waals surface area contributed by atoms with Crippen LogP contribution in [0, 0.1) is 5.92 Å². The van der Waals surface area contributed by atoms with Crippen molar-refractivity contribution in [1.29, 1.82) is 0 Å². The highest BCUT2D eigenvalue weighted by molar-refractivity contribution is 7.18. The number of nitrogens with zero attached hydrogens (tertiary/aromatic N) is 1. The van der Waals surface area contributed by atoms with Crippen LogP contribution in [0.2, 0.25) is 0 Å². The molecule has 0 fully saturated rings. The van der Waals surface area contributed by atoms with Crippen LogP contribution in [-0.4, -0.2) is 53.3 Å². The number of hydrogen-bond donors (Lipinski definition) is 5. The number of nitrogens with two attached hydrogens (primary N) is 2. The van der Waals surface area contributed by atoms with Crippen LogP contribution in [0.15, 0.2) is 18.2 Å². The van der Waals surface area contributed by atoms with Crippen LogP contribution in [0.25, 0.3) is 10.2 Å². The Bertz CT molecular complexity index is 1120.